The van der Waals surface area contributed by atoms with Gasteiger partial charge < -0.3 is 0 Å². The largest absolute Gasteiger partial charge is 0.421 e. The summed E-state index contributed by atoms with van der Waals surface area (Å²) >= 11 is 0. The molecule has 0 saturated heterocycles. The zero-order valence-corrected chi connectivity index (χ0v) is 6.47. The highest BCUT2D eigenvalue weighted by Crippen LogP contribution is 2.18. The van der Waals surface area contributed by atoms with E-state index in [9.17, 15) is 17.6 Å². The maximum Gasteiger partial charge on any atom is 0.421 e. The van der Waals surface area contributed by atoms with Crippen molar-refractivity contribution in [2.24, 2.45) is 0 Å². The molecule has 0 amide bonds. The molecule has 0 aliphatic carbocycles. The summed E-state index contributed by atoms with van der Waals surface area (Å²) in [6.07, 6.45) is -2.80. The van der Waals surface area contributed by atoms with E-state index in [1.807, 2.05) is 0 Å². The minimum absolute atomic E-state index is 1.51. The fourth-order valence-electron chi connectivity index (χ4n) is 0.517. The maximum atomic E-state index is 11.6. The highest BCUT2D eigenvalue weighted by atomic mass is 19.2. The molecule has 0 rings (SSSR count). The maximum absolute atomic E-state index is 11.6. The van der Waals surface area contributed by atoms with Gasteiger partial charge in [-0.15, -0.1) is 0 Å². The van der Waals surface area contributed by atoms with Crippen LogP contribution >= 0.6 is 0 Å². The number of alkyl halides is 4. The minimum Gasteiger partial charge on any atom is -0.271 e. The first-order chi connectivity index (χ1) is 6.24. The van der Waals surface area contributed by atoms with Crippen LogP contribution in [-0.2, 0) is 18.9 Å². The van der Waals surface area contributed by atoms with Gasteiger partial charge in [0.05, 0.1) is 0 Å². The van der Waals surface area contributed by atoms with Gasteiger partial charge in [0.2, 0.25) is 0 Å². The Morgan fingerprint density at radius 2 is 0.846 bits per heavy atom. The van der Waals surface area contributed by atoms with Crippen molar-refractivity contribution in [2.75, 3.05) is 27.4 Å². The Morgan fingerprint density at radius 3 is 1.00 bits per heavy atom. The van der Waals surface area contributed by atoms with Gasteiger partial charge in [-0.2, -0.15) is 0 Å². The molecule has 0 atom stereocenters. The second-order valence-corrected chi connectivity index (χ2v) is 1.51. The fourth-order valence-corrected chi connectivity index (χ4v) is 0.517. The van der Waals surface area contributed by atoms with Gasteiger partial charge in [0, 0.05) is 0 Å². The Morgan fingerprint density at radius 1 is 0.615 bits per heavy atom. The van der Waals surface area contributed by atoms with Crippen LogP contribution in [0.25, 0.3) is 0 Å². The highest BCUT2D eigenvalue weighted by Gasteiger charge is 2.36. The number of halogens is 4. The molecule has 0 fully saturated rings. The van der Waals surface area contributed by atoms with Crippen LogP contribution in [0.3, 0.4) is 0 Å². The van der Waals surface area contributed by atoms with E-state index in [1.54, 1.807) is 0 Å². The summed E-state index contributed by atoms with van der Waals surface area (Å²) in [5.74, 6) is 0. The first-order valence-electron chi connectivity index (χ1n) is 3.04. The first-order valence-corrected chi connectivity index (χ1v) is 3.04. The molecule has 0 spiro atoms. The van der Waals surface area contributed by atoms with Gasteiger partial charge >= 0.3 is 6.16 Å². The van der Waals surface area contributed by atoms with E-state index in [-0.39, 0.29) is 0 Å². The van der Waals surface area contributed by atoms with Gasteiger partial charge in [-0.25, -0.2) is 17.6 Å². The van der Waals surface area contributed by atoms with Crippen molar-refractivity contribution in [3.05, 3.63) is 0 Å². The number of ether oxygens (including phenoxy) is 4. The Bertz CT molecular complexity index is 95.6. The van der Waals surface area contributed by atoms with Crippen LogP contribution in [0.15, 0.2) is 0 Å². The SMILES string of the molecule is FCOC(OCF)(OCF)OCF. The van der Waals surface area contributed by atoms with Crippen molar-refractivity contribution in [1.29, 1.82) is 0 Å². The lowest BCUT2D eigenvalue weighted by molar-refractivity contribution is -0.519. The molecular formula is C5H8F4O4. The normalized spacial score (nSPS) is 12.0. The predicted molar refractivity (Wildman–Crippen MR) is 31.0 cm³/mol. The molecule has 0 heterocycles. The molecule has 0 radical (unpaired) electrons. The van der Waals surface area contributed by atoms with E-state index < -0.39 is 33.6 Å². The highest BCUT2D eigenvalue weighted by molar-refractivity contribution is 4.35. The molecule has 0 N–H and O–H groups in total. The summed E-state index contributed by atoms with van der Waals surface area (Å²) in [7, 11) is 0. The molecule has 0 aromatic rings. The quantitative estimate of drug-likeness (QED) is 0.446. The van der Waals surface area contributed by atoms with E-state index in [4.69, 9.17) is 0 Å². The third-order valence-corrected chi connectivity index (χ3v) is 0.925. The van der Waals surface area contributed by atoms with Gasteiger partial charge in [0.15, 0.2) is 27.4 Å². The van der Waals surface area contributed by atoms with Crippen molar-refractivity contribution in [3.8, 4) is 0 Å². The zero-order valence-electron chi connectivity index (χ0n) is 6.47. The smallest absolute Gasteiger partial charge is 0.271 e. The summed E-state index contributed by atoms with van der Waals surface area (Å²) < 4.78 is 62.1. The average Bonchev–Trinajstić information content (AvgIpc) is 2.06. The van der Waals surface area contributed by atoms with Gasteiger partial charge in [-0.1, -0.05) is 0 Å². The van der Waals surface area contributed by atoms with E-state index in [0.717, 1.165) is 0 Å². The monoisotopic (exact) mass is 208 g/mol. The number of hydrogen-bond donors (Lipinski definition) is 0. The lowest BCUT2D eigenvalue weighted by Crippen LogP contribution is -2.41. The zero-order chi connectivity index (χ0) is 10.2. The van der Waals surface area contributed by atoms with Crippen LogP contribution in [0.1, 0.15) is 0 Å². The van der Waals surface area contributed by atoms with E-state index in [1.165, 1.54) is 0 Å². The molecule has 0 aliphatic heterocycles. The van der Waals surface area contributed by atoms with Crippen LogP contribution in [0.2, 0.25) is 0 Å². The van der Waals surface area contributed by atoms with Crippen LogP contribution in [0.5, 0.6) is 0 Å². The van der Waals surface area contributed by atoms with E-state index in [2.05, 4.69) is 18.9 Å². The molecule has 13 heavy (non-hydrogen) atoms. The second-order valence-electron chi connectivity index (χ2n) is 1.51. The molecule has 0 saturated carbocycles. The molecule has 0 aliphatic rings. The van der Waals surface area contributed by atoms with Gasteiger partial charge in [0.25, 0.3) is 0 Å². The van der Waals surface area contributed by atoms with E-state index >= 15 is 0 Å². The van der Waals surface area contributed by atoms with Crippen molar-refractivity contribution in [2.45, 2.75) is 6.16 Å². The standard InChI is InChI=1S/C5H8F4O4/c6-1-10-5(11-2-7,12-3-8)13-4-9/h1-4H2. The van der Waals surface area contributed by atoms with Crippen molar-refractivity contribution >= 4 is 0 Å². The van der Waals surface area contributed by atoms with E-state index in [0.29, 0.717) is 0 Å². The first kappa shape index (κ1) is 12.6. The van der Waals surface area contributed by atoms with Crippen molar-refractivity contribution < 1.29 is 36.5 Å². The van der Waals surface area contributed by atoms with Crippen molar-refractivity contribution in [1.82, 2.24) is 0 Å². The van der Waals surface area contributed by atoms with Gasteiger partial charge in [0.1, 0.15) is 0 Å². The minimum atomic E-state index is -2.80. The average molecular weight is 208 g/mol. The molecule has 0 aromatic heterocycles. The van der Waals surface area contributed by atoms with Crippen LogP contribution in [-0.4, -0.2) is 33.6 Å². The summed E-state index contributed by atoms with van der Waals surface area (Å²) in [6.45, 7) is -6.06. The van der Waals surface area contributed by atoms with Crippen molar-refractivity contribution in [3.63, 3.8) is 0 Å². The lowest BCUT2D eigenvalue weighted by atomic mass is 11.0. The summed E-state index contributed by atoms with van der Waals surface area (Å²) in [5.41, 5.74) is 0. The third kappa shape index (κ3) is 4.36. The topological polar surface area (TPSA) is 36.9 Å². The van der Waals surface area contributed by atoms with Crippen LogP contribution < -0.4 is 0 Å². The molecule has 4 nitrogen and oxygen atoms in total. The summed E-state index contributed by atoms with van der Waals surface area (Å²) in [4.78, 5) is 0. The number of hydrogen-bond acceptors (Lipinski definition) is 4. The fraction of sp³-hybridized carbons (Fsp3) is 1.00. The Balaban J connectivity index is 4.19. The molecular weight excluding hydrogens is 200 g/mol. The second kappa shape index (κ2) is 7.01. The molecule has 0 aromatic carbocycles. The Kier molecular flexibility index (Phi) is 6.77. The van der Waals surface area contributed by atoms with Crippen LogP contribution in [0.4, 0.5) is 17.6 Å². The Hall–Kier alpha value is -0.440. The Labute approximate surface area is 71.3 Å². The van der Waals surface area contributed by atoms with Crippen LogP contribution in [0, 0.1) is 0 Å². The number of rotatable bonds is 8. The van der Waals surface area contributed by atoms with Gasteiger partial charge in [-0.3, -0.25) is 18.9 Å². The summed E-state index contributed by atoms with van der Waals surface area (Å²) in [5, 5.41) is 0. The predicted octanol–water partition coefficient (Wildman–Crippen LogP) is 1.37. The molecule has 8 heteroatoms. The van der Waals surface area contributed by atoms with Gasteiger partial charge in [-0.05, 0) is 0 Å². The lowest BCUT2D eigenvalue weighted by Gasteiger charge is -2.26. The third-order valence-electron chi connectivity index (χ3n) is 0.925. The molecule has 0 bridgehead atoms. The molecule has 80 valence electrons. The summed E-state index contributed by atoms with van der Waals surface area (Å²) in [6, 6.07) is 0. The molecule has 0 unspecified atom stereocenters.